The molecule has 1 aromatic heterocycles. The average molecular weight is 1090 g/mol. The summed E-state index contributed by atoms with van der Waals surface area (Å²) in [5.74, 6) is -10.6. The van der Waals surface area contributed by atoms with E-state index in [1.807, 2.05) is 0 Å². The van der Waals surface area contributed by atoms with Crippen molar-refractivity contribution < 1.29 is 68.4 Å². The van der Waals surface area contributed by atoms with Crippen molar-refractivity contribution in [1.29, 1.82) is 0 Å². The zero-order valence-electron chi connectivity index (χ0n) is 44.1. The number of aliphatic carboxylic acids is 3. The Hall–Kier alpha value is -8.62. The van der Waals surface area contributed by atoms with Gasteiger partial charge in [0.1, 0.15) is 48.0 Å². The van der Waals surface area contributed by atoms with Crippen molar-refractivity contribution in [3.05, 3.63) is 83.9 Å². The Morgan fingerprint density at radius 2 is 1.24 bits per heavy atom. The van der Waals surface area contributed by atoms with Gasteiger partial charge in [-0.25, -0.2) is 9.78 Å². The van der Waals surface area contributed by atoms with Gasteiger partial charge in [0.25, 0.3) is 5.97 Å². The van der Waals surface area contributed by atoms with E-state index in [-0.39, 0.29) is 63.3 Å². The first kappa shape index (κ1) is 63.7. The minimum atomic E-state index is -1.51. The van der Waals surface area contributed by atoms with Gasteiger partial charge in [0.2, 0.25) is 41.4 Å². The van der Waals surface area contributed by atoms with E-state index in [9.17, 15) is 53.4 Å². The van der Waals surface area contributed by atoms with Gasteiger partial charge in [-0.2, -0.15) is 0 Å². The van der Waals surface area contributed by atoms with Crippen LogP contribution < -0.4 is 49.1 Å². The number of aliphatic imine (C=N–C) groups is 1. The number of nitrogens with two attached hydrogens (primary N) is 3. The molecule has 0 saturated carbocycles. The van der Waals surface area contributed by atoms with Crippen LogP contribution >= 0.6 is 0 Å². The third kappa shape index (κ3) is 21.5. The smallest absolute Gasteiger partial charge is 0.326 e. The molecule has 17 N–H and O–H groups in total. The Labute approximate surface area is 450 Å². The number of likely N-dealkylation sites (tertiary alicyclic amines) is 1. The lowest BCUT2D eigenvalue weighted by atomic mass is 9.98. The number of hydrogen-bond acceptors (Lipinski definition) is 14. The second-order valence-electron chi connectivity index (χ2n) is 19.2. The van der Waals surface area contributed by atoms with E-state index < -0.39 is 126 Å². The van der Waals surface area contributed by atoms with Crippen LogP contribution in [0.5, 0.6) is 5.75 Å². The topological polar surface area (TPSA) is 446 Å². The third-order valence-electron chi connectivity index (χ3n) is 12.1. The van der Waals surface area contributed by atoms with Gasteiger partial charge in [0.05, 0.1) is 18.8 Å². The number of carbonyl (C=O) groups excluding carboxylic acids is 7. The Bertz CT molecular complexity index is 2540. The Kier molecular flexibility index (Phi) is 25.7. The van der Waals surface area contributed by atoms with E-state index >= 15 is 0 Å². The molecule has 78 heavy (non-hydrogen) atoms. The number of benzene rings is 2. The van der Waals surface area contributed by atoms with Gasteiger partial charge in [-0.3, -0.25) is 48.1 Å². The summed E-state index contributed by atoms with van der Waals surface area (Å²) in [5, 5.41) is 52.3. The second kappa shape index (κ2) is 31.4. The molecule has 27 nitrogen and oxygen atoms in total. The normalized spacial score (nSPS) is 15.5. The molecule has 2 aromatic carbocycles. The van der Waals surface area contributed by atoms with Crippen LogP contribution in [0.2, 0.25) is 0 Å². The van der Waals surface area contributed by atoms with Crippen LogP contribution in [0.3, 0.4) is 0 Å². The fourth-order valence-corrected chi connectivity index (χ4v) is 8.15. The van der Waals surface area contributed by atoms with Crippen molar-refractivity contribution in [2.24, 2.45) is 34.0 Å². The summed E-state index contributed by atoms with van der Waals surface area (Å²) in [6, 6.07) is 3.91. The molecule has 27 heteroatoms. The fourth-order valence-electron chi connectivity index (χ4n) is 8.15. The van der Waals surface area contributed by atoms with Crippen LogP contribution in [0.4, 0.5) is 0 Å². The highest BCUT2D eigenvalue weighted by atomic mass is 16.4. The molecule has 1 aliphatic rings. The Morgan fingerprint density at radius 3 is 1.77 bits per heavy atom. The number of nitrogens with zero attached hydrogens (tertiary/aromatic N) is 3. The molecule has 426 valence electrons. The zero-order valence-corrected chi connectivity index (χ0v) is 44.1. The molecule has 3 aromatic rings. The summed E-state index contributed by atoms with van der Waals surface area (Å²) in [5.41, 5.74) is 18.2. The highest BCUT2D eigenvalue weighted by molar-refractivity contribution is 5.98. The molecule has 8 atom stereocenters. The molecule has 7 amide bonds. The number of guanidine groups is 1. The summed E-state index contributed by atoms with van der Waals surface area (Å²) in [6.45, 7) is 7.79. The molecule has 1 aliphatic heterocycles. The molecule has 0 radical (unpaired) electrons. The third-order valence-corrected chi connectivity index (χ3v) is 12.1. The standard InChI is InChI=1S/C49H69N13O12.C2H4O2/c1-26(2)39(60-42(67)33(12-8-18-54-49(51)52)56-41(66)32(50)23-38(64)65)45(70)57-34(20-29-14-16-31(63)17-15-29)43(68)61-40(27(3)4)46(71)58-35(22-30-24-53-25-55-30)47(72)62-19-9-13-37(62)44(69)59-36(48(73)74)21-28-10-6-5-7-11-28;1-2(3)4/h5-7,10-11,14-17,24-27,32-37,39-40,63H,8-9,12-13,18-23,50H2,1-4H3,(H,53,55)(H,56,66)(H,57,70)(H,58,71)(H,59,69)(H,60,67)(H,61,68)(H,64,65)(H,73,74)(H4,51,52,54);1H3,(H,3,4). The van der Waals surface area contributed by atoms with Gasteiger partial charge in [-0.1, -0.05) is 70.2 Å². The minimum absolute atomic E-state index is 0.00251. The van der Waals surface area contributed by atoms with Crippen molar-refractivity contribution in [2.75, 3.05) is 13.1 Å². The first-order valence-electron chi connectivity index (χ1n) is 25.1. The van der Waals surface area contributed by atoms with E-state index in [4.69, 9.17) is 32.2 Å². The number of aromatic amines is 1. The van der Waals surface area contributed by atoms with E-state index in [1.165, 1.54) is 41.7 Å². The number of rotatable bonds is 28. The van der Waals surface area contributed by atoms with Crippen LogP contribution in [0.1, 0.15) is 83.5 Å². The van der Waals surface area contributed by atoms with E-state index in [0.717, 1.165) is 6.92 Å². The summed E-state index contributed by atoms with van der Waals surface area (Å²) in [7, 11) is 0. The highest BCUT2D eigenvalue weighted by Gasteiger charge is 2.41. The number of carboxylic acids is 3. The number of phenols is 1. The molecule has 8 unspecified atom stereocenters. The number of carbonyl (C=O) groups is 10. The van der Waals surface area contributed by atoms with Gasteiger partial charge in [0.15, 0.2) is 5.96 Å². The average Bonchev–Trinajstić information content (AvgIpc) is 4.09. The number of aromatic nitrogens is 2. The number of nitrogens with one attached hydrogen (secondary N) is 7. The number of phenolic OH excluding ortho intramolecular Hbond substituents is 1. The predicted molar refractivity (Wildman–Crippen MR) is 281 cm³/mol. The molecule has 2 heterocycles. The molecule has 1 saturated heterocycles. The number of imidazole rings is 1. The molecule has 0 aliphatic carbocycles. The van der Waals surface area contributed by atoms with Crippen molar-refractivity contribution in [2.45, 2.75) is 134 Å². The van der Waals surface area contributed by atoms with Gasteiger partial charge >= 0.3 is 11.9 Å². The van der Waals surface area contributed by atoms with Crippen LogP contribution in [-0.4, -0.2) is 162 Å². The molecule has 1 fully saturated rings. The number of amides is 7. The van der Waals surface area contributed by atoms with E-state index in [2.05, 4.69) is 46.9 Å². The number of hydrogen-bond donors (Lipinski definition) is 14. The van der Waals surface area contributed by atoms with Gasteiger partial charge in [-0.15, -0.1) is 0 Å². The van der Waals surface area contributed by atoms with E-state index in [0.29, 0.717) is 23.2 Å². The number of aromatic hydroxyl groups is 1. The van der Waals surface area contributed by atoms with Gasteiger partial charge in [0, 0.05) is 51.2 Å². The van der Waals surface area contributed by atoms with Crippen LogP contribution in [0.15, 0.2) is 72.1 Å². The zero-order chi connectivity index (χ0) is 58.2. The van der Waals surface area contributed by atoms with Crippen LogP contribution in [-0.2, 0) is 67.2 Å². The SMILES string of the molecule is CC(=O)O.CC(C)C(NC(=O)C(CCCN=C(N)N)NC(=O)C(N)CC(=O)O)C(=O)NC(Cc1ccc(O)cc1)C(=O)NC(C(=O)NC(Cc1cnc[nH]1)C(=O)N1CCCC1C(=O)NC(Cc1ccccc1)C(=O)O)C(C)C. The first-order chi connectivity index (χ1) is 36.8. The summed E-state index contributed by atoms with van der Waals surface area (Å²) >= 11 is 0. The fraction of sp³-hybridized carbons (Fsp3) is 0.490. The largest absolute Gasteiger partial charge is 0.508 e. The number of carboxylic acid groups (broad SMARTS) is 3. The quantitative estimate of drug-likeness (QED) is 0.0221. The lowest BCUT2D eigenvalue weighted by molar-refractivity contribution is -0.145. The van der Waals surface area contributed by atoms with Crippen molar-refractivity contribution in [1.82, 2.24) is 46.8 Å². The molecular weight excluding hydrogens is 1020 g/mol. The lowest BCUT2D eigenvalue weighted by Gasteiger charge is -2.31. The number of H-pyrrole nitrogens is 1. The Morgan fingerprint density at radius 1 is 0.705 bits per heavy atom. The van der Waals surface area contributed by atoms with Crippen LogP contribution in [0, 0.1) is 11.8 Å². The molecule has 0 bridgehead atoms. The summed E-state index contributed by atoms with van der Waals surface area (Å²) in [6.07, 6.45) is 2.55. The summed E-state index contributed by atoms with van der Waals surface area (Å²) in [4.78, 5) is 143. The highest BCUT2D eigenvalue weighted by Crippen LogP contribution is 2.21. The van der Waals surface area contributed by atoms with Crippen molar-refractivity contribution in [3.63, 3.8) is 0 Å². The molecule has 0 spiro atoms. The molecular formula is C51H73N13O14. The summed E-state index contributed by atoms with van der Waals surface area (Å²) < 4.78 is 0. The van der Waals surface area contributed by atoms with Crippen molar-refractivity contribution >= 4 is 65.2 Å². The van der Waals surface area contributed by atoms with Gasteiger partial charge < -0.3 is 79.4 Å². The predicted octanol–water partition coefficient (Wildman–Crippen LogP) is -1.61. The maximum Gasteiger partial charge on any atom is 0.326 e. The van der Waals surface area contributed by atoms with E-state index in [1.54, 1.807) is 58.0 Å². The maximum atomic E-state index is 14.5. The Balaban J connectivity index is 0.00000386. The van der Waals surface area contributed by atoms with Gasteiger partial charge in [-0.05, 0) is 60.8 Å². The second-order valence-corrected chi connectivity index (χ2v) is 19.2. The monoisotopic (exact) mass is 1090 g/mol. The first-order valence-corrected chi connectivity index (χ1v) is 25.1. The van der Waals surface area contributed by atoms with Crippen LogP contribution in [0.25, 0.3) is 0 Å². The maximum absolute atomic E-state index is 14.5. The molecule has 4 rings (SSSR count). The lowest BCUT2D eigenvalue weighted by Crippen LogP contribution is -2.62. The minimum Gasteiger partial charge on any atom is -0.508 e. The van der Waals surface area contributed by atoms with Crippen molar-refractivity contribution in [3.8, 4) is 5.75 Å².